The van der Waals surface area contributed by atoms with Crippen molar-refractivity contribution in [3.05, 3.63) is 33.9 Å². The fourth-order valence-corrected chi connectivity index (χ4v) is 2.18. The first-order chi connectivity index (χ1) is 9.92. The van der Waals surface area contributed by atoms with Gasteiger partial charge in [-0.05, 0) is 18.9 Å². The van der Waals surface area contributed by atoms with Gasteiger partial charge in [0.1, 0.15) is 0 Å². The van der Waals surface area contributed by atoms with Gasteiger partial charge < -0.3 is 15.2 Å². The van der Waals surface area contributed by atoms with Crippen LogP contribution in [0.5, 0.6) is 5.75 Å². The van der Waals surface area contributed by atoms with Crippen molar-refractivity contribution in [2.75, 3.05) is 7.11 Å². The van der Waals surface area contributed by atoms with Crippen LogP contribution in [0.2, 0.25) is 0 Å². The Morgan fingerprint density at radius 3 is 2.62 bits per heavy atom. The number of methoxy groups -OCH3 is 1. The van der Waals surface area contributed by atoms with Crippen LogP contribution in [0.25, 0.3) is 0 Å². The highest BCUT2D eigenvalue weighted by Gasteiger charge is 2.35. The Hall–Kier alpha value is -2.64. The largest absolute Gasteiger partial charge is 0.490 e. The maximum absolute atomic E-state index is 12.0. The van der Waals surface area contributed by atoms with Gasteiger partial charge in [-0.15, -0.1) is 0 Å². The molecule has 0 unspecified atom stereocenters. The number of carbonyl (C=O) groups is 2. The third-order valence-corrected chi connectivity index (χ3v) is 3.46. The van der Waals surface area contributed by atoms with Crippen molar-refractivity contribution in [3.63, 3.8) is 0 Å². The standard InChI is InChI=1S/C13H14N2O6/c1-21-11-6-7(2-3-10(11)15(19)20)12(16)14-9-4-8(5-9)13(17)18/h2-3,6,8-9H,4-5H2,1H3,(H,14,16)(H,17,18). The number of rotatable bonds is 5. The molecule has 0 spiro atoms. The SMILES string of the molecule is COc1cc(C(=O)NC2CC(C(=O)O)C2)ccc1[N+](=O)[O-]. The van der Waals surface area contributed by atoms with Crippen molar-refractivity contribution in [1.29, 1.82) is 0 Å². The van der Waals surface area contributed by atoms with Gasteiger partial charge >= 0.3 is 11.7 Å². The molecular formula is C13H14N2O6. The lowest BCUT2D eigenvalue weighted by Gasteiger charge is -2.32. The normalized spacial score (nSPS) is 20.2. The van der Waals surface area contributed by atoms with E-state index in [9.17, 15) is 19.7 Å². The number of aliphatic carboxylic acids is 1. The number of ether oxygens (including phenoxy) is 1. The molecule has 1 aliphatic carbocycles. The van der Waals surface area contributed by atoms with Gasteiger partial charge in [-0.25, -0.2) is 0 Å². The van der Waals surface area contributed by atoms with Crippen LogP contribution in [0.15, 0.2) is 18.2 Å². The van der Waals surface area contributed by atoms with Crippen LogP contribution in [-0.4, -0.2) is 35.1 Å². The molecule has 0 radical (unpaired) electrons. The molecule has 0 atom stereocenters. The van der Waals surface area contributed by atoms with Crippen molar-refractivity contribution < 1.29 is 24.4 Å². The van der Waals surface area contributed by atoms with Gasteiger partial charge in [0.25, 0.3) is 5.91 Å². The number of amides is 1. The molecule has 0 bridgehead atoms. The summed E-state index contributed by atoms with van der Waals surface area (Å²) in [6, 6.07) is 3.65. The average molecular weight is 294 g/mol. The lowest BCUT2D eigenvalue weighted by molar-refractivity contribution is -0.385. The minimum Gasteiger partial charge on any atom is -0.490 e. The monoisotopic (exact) mass is 294 g/mol. The van der Waals surface area contributed by atoms with Crippen LogP contribution < -0.4 is 10.1 Å². The molecule has 8 nitrogen and oxygen atoms in total. The van der Waals surface area contributed by atoms with E-state index in [2.05, 4.69) is 5.32 Å². The number of hydrogen-bond donors (Lipinski definition) is 2. The maximum atomic E-state index is 12.0. The Bertz CT molecular complexity index is 594. The lowest BCUT2D eigenvalue weighted by Crippen LogP contribution is -2.46. The van der Waals surface area contributed by atoms with Crippen molar-refractivity contribution in [1.82, 2.24) is 5.32 Å². The second-order valence-electron chi connectivity index (χ2n) is 4.82. The van der Waals surface area contributed by atoms with Crippen LogP contribution in [0, 0.1) is 16.0 Å². The van der Waals surface area contributed by atoms with Gasteiger partial charge in [-0.1, -0.05) is 0 Å². The molecule has 8 heteroatoms. The zero-order valence-corrected chi connectivity index (χ0v) is 11.2. The van der Waals surface area contributed by atoms with Crippen LogP contribution in [-0.2, 0) is 4.79 Å². The Morgan fingerprint density at radius 1 is 1.43 bits per heavy atom. The number of carboxylic acids is 1. The number of benzene rings is 1. The highest BCUT2D eigenvalue weighted by atomic mass is 16.6. The summed E-state index contributed by atoms with van der Waals surface area (Å²) in [6.07, 6.45) is 0.788. The van der Waals surface area contributed by atoms with Gasteiger partial charge in [0.05, 0.1) is 18.0 Å². The van der Waals surface area contributed by atoms with Crippen molar-refractivity contribution in [2.24, 2.45) is 5.92 Å². The molecule has 2 N–H and O–H groups in total. The van der Waals surface area contributed by atoms with E-state index in [1.807, 2.05) is 0 Å². The summed E-state index contributed by atoms with van der Waals surface area (Å²) in [6.45, 7) is 0. The zero-order valence-electron chi connectivity index (χ0n) is 11.2. The Morgan fingerprint density at radius 2 is 2.10 bits per heavy atom. The predicted molar refractivity (Wildman–Crippen MR) is 71.3 cm³/mol. The Balaban J connectivity index is 2.03. The summed E-state index contributed by atoms with van der Waals surface area (Å²) in [7, 11) is 1.29. The second kappa shape index (κ2) is 5.78. The van der Waals surface area contributed by atoms with E-state index in [1.54, 1.807) is 0 Å². The molecule has 0 heterocycles. The highest BCUT2D eigenvalue weighted by molar-refractivity contribution is 5.95. The van der Waals surface area contributed by atoms with Crippen LogP contribution in [0.4, 0.5) is 5.69 Å². The Labute approximate surface area is 119 Å². The first kappa shape index (κ1) is 14.8. The molecular weight excluding hydrogens is 280 g/mol. The van der Waals surface area contributed by atoms with E-state index in [-0.39, 0.29) is 23.0 Å². The second-order valence-corrected chi connectivity index (χ2v) is 4.82. The molecule has 1 fully saturated rings. The quantitative estimate of drug-likeness (QED) is 0.622. The average Bonchev–Trinajstić information content (AvgIpc) is 2.40. The molecule has 21 heavy (non-hydrogen) atoms. The molecule has 0 saturated heterocycles. The van der Waals surface area contributed by atoms with Gasteiger partial charge in [0.15, 0.2) is 5.75 Å². The molecule has 1 amide bonds. The van der Waals surface area contributed by atoms with E-state index in [4.69, 9.17) is 9.84 Å². The molecule has 1 aromatic rings. The molecule has 112 valence electrons. The van der Waals surface area contributed by atoms with Gasteiger partial charge in [-0.3, -0.25) is 19.7 Å². The number of nitrogens with one attached hydrogen (secondary N) is 1. The van der Waals surface area contributed by atoms with E-state index in [0.717, 1.165) is 0 Å². The summed E-state index contributed by atoms with van der Waals surface area (Å²) < 4.78 is 4.89. The Kier molecular flexibility index (Phi) is 4.06. The summed E-state index contributed by atoms with van der Waals surface area (Å²) >= 11 is 0. The molecule has 1 aliphatic rings. The first-order valence-corrected chi connectivity index (χ1v) is 6.28. The molecule has 1 aromatic carbocycles. The number of nitrogens with zero attached hydrogens (tertiary/aromatic N) is 1. The van der Waals surface area contributed by atoms with E-state index >= 15 is 0 Å². The minimum absolute atomic E-state index is 0.00433. The zero-order chi connectivity index (χ0) is 15.6. The molecule has 2 rings (SSSR count). The minimum atomic E-state index is -0.863. The van der Waals surface area contributed by atoms with E-state index in [1.165, 1.54) is 25.3 Å². The number of nitro groups is 1. The fourth-order valence-electron chi connectivity index (χ4n) is 2.18. The number of hydrogen-bond acceptors (Lipinski definition) is 5. The maximum Gasteiger partial charge on any atom is 0.310 e. The fraction of sp³-hybridized carbons (Fsp3) is 0.385. The first-order valence-electron chi connectivity index (χ1n) is 6.28. The molecule has 0 aromatic heterocycles. The lowest BCUT2D eigenvalue weighted by atomic mass is 9.80. The van der Waals surface area contributed by atoms with Crippen LogP contribution in [0.3, 0.4) is 0 Å². The number of carbonyl (C=O) groups excluding carboxylic acids is 1. The highest BCUT2D eigenvalue weighted by Crippen LogP contribution is 2.29. The van der Waals surface area contributed by atoms with Crippen molar-refractivity contribution in [2.45, 2.75) is 18.9 Å². The summed E-state index contributed by atoms with van der Waals surface area (Å²) in [5.74, 6) is -1.68. The van der Waals surface area contributed by atoms with Crippen LogP contribution in [0.1, 0.15) is 23.2 Å². The number of carboxylic acid groups (broad SMARTS) is 1. The topological polar surface area (TPSA) is 119 Å². The number of nitro benzene ring substituents is 1. The van der Waals surface area contributed by atoms with Crippen molar-refractivity contribution >= 4 is 17.6 Å². The van der Waals surface area contributed by atoms with E-state index in [0.29, 0.717) is 12.8 Å². The third kappa shape index (κ3) is 3.10. The van der Waals surface area contributed by atoms with E-state index < -0.39 is 22.7 Å². The van der Waals surface area contributed by atoms with Gasteiger partial charge in [0.2, 0.25) is 0 Å². The van der Waals surface area contributed by atoms with Crippen LogP contribution >= 0.6 is 0 Å². The van der Waals surface area contributed by atoms with Crippen molar-refractivity contribution in [3.8, 4) is 5.75 Å². The predicted octanol–water partition coefficient (Wildman–Crippen LogP) is 1.20. The summed E-state index contributed by atoms with van der Waals surface area (Å²) in [4.78, 5) is 32.8. The van der Waals surface area contributed by atoms with Gasteiger partial charge in [-0.2, -0.15) is 0 Å². The molecule has 1 saturated carbocycles. The molecule has 0 aliphatic heterocycles. The van der Waals surface area contributed by atoms with Gasteiger partial charge in [0, 0.05) is 23.7 Å². The third-order valence-electron chi connectivity index (χ3n) is 3.46. The summed E-state index contributed by atoms with van der Waals surface area (Å²) in [5.41, 5.74) is 0.0138. The summed E-state index contributed by atoms with van der Waals surface area (Å²) in [5, 5.41) is 22.2. The smallest absolute Gasteiger partial charge is 0.310 e.